The number of aromatic nitrogens is 1. The van der Waals surface area contributed by atoms with Crippen molar-refractivity contribution < 1.29 is 24.0 Å². The fourth-order valence-corrected chi connectivity index (χ4v) is 5.41. The van der Waals surface area contributed by atoms with Gasteiger partial charge < -0.3 is 26.3 Å². The van der Waals surface area contributed by atoms with Gasteiger partial charge in [0.15, 0.2) is 0 Å². The summed E-state index contributed by atoms with van der Waals surface area (Å²) < 4.78 is 0. The van der Waals surface area contributed by atoms with Crippen LogP contribution in [-0.4, -0.2) is 53.0 Å². The Hall–Kier alpha value is -4.47. The molecule has 2 fully saturated rings. The lowest BCUT2D eigenvalue weighted by molar-refractivity contribution is -0.141. The van der Waals surface area contributed by atoms with Crippen molar-refractivity contribution in [3.63, 3.8) is 0 Å². The molecule has 1 saturated carbocycles. The summed E-state index contributed by atoms with van der Waals surface area (Å²) in [6.45, 7) is 0.629. The summed E-state index contributed by atoms with van der Waals surface area (Å²) in [4.78, 5) is 68.3. The van der Waals surface area contributed by atoms with Crippen LogP contribution < -0.4 is 21.3 Å². The summed E-state index contributed by atoms with van der Waals surface area (Å²) in [5.74, 6) is -3.07. The second-order valence-corrected chi connectivity index (χ2v) is 10.9. The number of H-pyrrole nitrogens is 1. The maximum Gasteiger partial charge on any atom is 0.289 e. The molecule has 10 nitrogen and oxygen atoms in total. The minimum Gasteiger partial charge on any atom is -0.356 e. The van der Waals surface area contributed by atoms with Crippen LogP contribution in [0.15, 0.2) is 60.7 Å². The maximum absolute atomic E-state index is 13.6. The smallest absolute Gasteiger partial charge is 0.289 e. The number of Topliss-reactive ketones (excluding diaryl/α,β-unsaturated/α-hetero) is 1. The molecule has 0 radical (unpaired) electrons. The van der Waals surface area contributed by atoms with E-state index < -0.39 is 41.5 Å². The molecule has 5 rings (SSSR count). The van der Waals surface area contributed by atoms with Crippen LogP contribution in [-0.2, 0) is 25.7 Å². The number of carbonyl (C=O) groups excluding carboxylic acids is 5. The summed E-state index contributed by atoms with van der Waals surface area (Å²) in [6.07, 6.45) is 3.91. The van der Waals surface area contributed by atoms with Crippen molar-refractivity contribution in [2.45, 2.75) is 57.2 Å². The lowest BCUT2D eigenvalue weighted by atomic mass is 9.80. The number of carbonyl (C=O) groups is 5. The standard InChI is InChI=1S/C31H35N5O5/c37-27(31(41)33-18-20-7-2-1-3-8-20)24(17-22-13-14-32-28(22)38)35-29(39)25(15-19-9-6-10-19)36-30(40)26-16-21-11-4-5-12-23(21)34-26/h1-5,7-8,11-12,16,19,22,24-25,34H,6,9-10,13-15,17-18H2,(H,32,38)(H,33,41)(H,35,39)(H,36,40)/t22-,24-,25-/m0/s1. The average Bonchev–Trinajstić information content (AvgIpc) is 3.58. The van der Waals surface area contributed by atoms with Crippen LogP contribution in [0.2, 0.25) is 0 Å². The van der Waals surface area contributed by atoms with Gasteiger partial charge in [-0.2, -0.15) is 0 Å². The maximum atomic E-state index is 13.6. The van der Waals surface area contributed by atoms with E-state index in [4.69, 9.17) is 0 Å². The predicted molar refractivity (Wildman–Crippen MR) is 152 cm³/mol. The Bertz CT molecular complexity index is 1400. The Morgan fingerprint density at radius 3 is 2.32 bits per heavy atom. The quantitative estimate of drug-likeness (QED) is 0.217. The number of hydrogen-bond acceptors (Lipinski definition) is 5. The molecule has 5 N–H and O–H groups in total. The Morgan fingerprint density at radius 1 is 0.878 bits per heavy atom. The van der Waals surface area contributed by atoms with E-state index in [0.717, 1.165) is 35.7 Å². The van der Waals surface area contributed by atoms with Crippen LogP contribution >= 0.6 is 0 Å². The highest BCUT2D eigenvalue weighted by Gasteiger charge is 2.36. The predicted octanol–water partition coefficient (Wildman–Crippen LogP) is 2.35. The second-order valence-electron chi connectivity index (χ2n) is 10.9. The molecule has 41 heavy (non-hydrogen) atoms. The van der Waals surface area contributed by atoms with Crippen LogP contribution in [0.4, 0.5) is 0 Å². The molecular weight excluding hydrogens is 522 g/mol. The molecule has 214 valence electrons. The second kappa shape index (κ2) is 12.8. The van der Waals surface area contributed by atoms with Crippen LogP contribution in [0, 0.1) is 11.8 Å². The van der Waals surface area contributed by atoms with Gasteiger partial charge in [0.25, 0.3) is 11.8 Å². The highest BCUT2D eigenvalue weighted by atomic mass is 16.2. The summed E-state index contributed by atoms with van der Waals surface area (Å²) in [5.41, 5.74) is 1.96. The number of ketones is 1. The Balaban J connectivity index is 1.30. The van der Waals surface area contributed by atoms with Gasteiger partial charge >= 0.3 is 0 Å². The lowest BCUT2D eigenvalue weighted by Gasteiger charge is -2.30. The van der Waals surface area contributed by atoms with Crippen LogP contribution in [0.25, 0.3) is 10.9 Å². The average molecular weight is 558 g/mol. The number of amides is 4. The zero-order chi connectivity index (χ0) is 28.8. The monoisotopic (exact) mass is 557 g/mol. The highest BCUT2D eigenvalue weighted by molar-refractivity contribution is 6.38. The van der Waals surface area contributed by atoms with Gasteiger partial charge in [0.2, 0.25) is 17.6 Å². The van der Waals surface area contributed by atoms with Crippen molar-refractivity contribution in [2.24, 2.45) is 11.8 Å². The van der Waals surface area contributed by atoms with E-state index in [0.29, 0.717) is 25.1 Å². The van der Waals surface area contributed by atoms with E-state index >= 15 is 0 Å². The zero-order valence-electron chi connectivity index (χ0n) is 22.8. The van der Waals surface area contributed by atoms with Gasteiger partial charge in [0, 0.05) is 29.9 Å². The van der Waals surface area contributed by atoms with E-state index in [-0.39, 0.29) is 24.8 Å². The van der Waals surface area contributed by atoms with Crippen molar-refractivity contribution in [2.75, 3.05) is 6.54 Å². The number of benzene rings is 2. The molecule has 10 heteroatoms. The summed E-state index contributed by atoms with van der Waals surface area (Å²) in [6, 6.07) is 16.3. The first-order valence-electron chi connectivity index (χ1n) is 14.2. The highest BCUT2D eigenvalue weighted by Crippen LogP contribution is 2.31. The first-order chi connectivity index (χ1) is 19.9. The molecule has 0 bridgehead atoms. The minimum absolute atomic E-state index is 0.00127. The van der Waals surface area contributed by atoms with Crippen molar-refractivity contribution in [1.82, 2.24) is 26.3 Å². The molecule has 4 amide bonds. The number of para-hydroxylation sites is 1. The number of rotatable bonds is 12. The SMILES string of the molecule is O=C(NCc1ccccc1)C(=O)[C@H](C[C@@H]1CCNC1=O)NC(=O)[C@H](CC1CCC1)NC(=O)c1cc2ccccc2[nH]1. The fraction of sp³-hybridized carbons (Fsp3) is 0.387. The number of fused-ring (bicyclic) bond motifs is 1. The molecule has 3 atom stereocenters. The van der Waals surface area contributed by atoms with E-state index in [1.165, 1.54) is 0 Å². The van der Waals surface area contributed by atoms with E-state index in [1.54, 1.807) is 6.07 Å². The van der Waals surface area contributed by atoms with Gasteiger partial charge in [-0.25, -0.2) is 0 Å². The third-order valence-electron chi connectivity index (χ3n) is 8.03. The number of hydrogen-bond donors (Lipinski definition) is 5. The summed E-state index contributed by atoms with van der Waals surface area (Å²) >= 11 is 0. The molecule has 1 aromatic heterocycles. The molecule has 0 spiro atoms. The third kappa shape index (κ3) is 7.00. The molecule has 3 aromatic rings. The number of aromatic amines is 1. The van der Waals surface area contributed by atoms with Crippen LogP contribution in [0.5, 0.6) is 0 Å². The molecule has 2 aromatic carbocycles. The first-order valence-corrected chi connectivity index (χ1v) is 14.2. The van der Waals surface area contributed by atoms with E-state index in [9.17, 15) is 24.0 Å². The van der Waals surface area contributed by atoms with Gasteiger partial charge in [-0.05, 0) is 42.9 Å². The van der Waals surface area contributed by atoms with Gasteiger partial charge in [-0.1, -0.05) is 67.8 Å². The Morgan fingerprint density at radius 2 is 1.63 bits per heavy atom. The van der Waals surface area contributed by atoms with Crippen molar-refractivity contribution >= 4 is 40.3 Å². The van der Waals surface area contributed by atoms with Crippen molar-refractivity contribution in [1.29, 1.82) is 0 Å². The molecule has 2 aliphatic rings. The van der Waals surface area contributed by atoms with Gasteiger partial charge in [-0.15, -0.1) is 0 Å². The molecule has 0 unspecified atom stereocenters. The molecule has 2 heterocycles. The van der Waals surface area contributed by atoms with E-state index in [1.807, 2.05) is 54.6 Å². The van der Waals surface area contributed by atoms with Gasteiger partial charge in [0.05, 0.1) is 6.04 Å². The van der Waals surface area contributed by atoms with Crippen molar-refractivity contribution in [3.05, 3.63) is 71.9 Å². The Labute approximate surface area is 238 Å². The molecule has 1 aliphatic heterocycles. The van der Waals surface area contributed by atoms with Gasteiger partial charge in [0.1, 0.15) is 11.7 Å². The minimum atomic E-state index is -1.21. The normalized spacial score (nSPS) is 18.1. The van der Waals surface area contributed by atoms with Crippen LogP contribution in [0.1, 0.15) is 54.6 Å². The molecule has 1 saturated heterocycles. The summed E-state index contributed by atoms with van der Waals surface area (Å²) in [7, 11) is 0. The van der Waals surface area contributed by atoms with Gasteiger partial charge in [-0.3, -0.25) is 24.0 Å². The van der Waals surface area contributed by atoms with Crippen LogP contribution in [0.3, 0.4) is 0 Å². The first kappa shape index (κ1) is 28.1. The fourth-order valence-electron chi connectivity index (χ4n) is 5.41. The topological polar surface area (TPSA) is 149 Å². The summed E-state index contributed by atoms with van der Waals surface area (Å²) in [5, 5.41) is 11.8. The largest absolute Gasteiger partial charge is 0.356 e. The zero-order valence-corrected chi connectivity index (χ0v) is 22.8. The molecule has 1 aliphatic carbocycles. The lowest BCUT2D eigenvalue weighted by Crippen LogP contribution is -2.55. The van der Waals surface area contributed by atoms with E-state index in [2.05, 4.69) is 26.3 Å². The Kier molecular flexibility index (Phi) is 8.76. The molecular formula is C31H35N5O5. The third-order valence-corrected chi connectivity index (χ3v) is 8.03. The van der Waals surface area contributed by atoms with Crippen molar-refractivity contribution in [3.8, 4) is 0 Å². The number of nitrogens with one attached hydrogen (secondary N) is 5.